The van der Waals surface area contributed by atoms with Gasteiger partial charge in [0, 0.05) is 35.8 Å². The van der Waals surface area contributed by atoms with E-state index in [9.17, 15) is 13.2 Å². The van der Waals surface area contributed by atoms with Crippen LogP contribution >= 0.6 is 0 Å². The number of anilines is 1. The van der Waals surface area contributed by atoms with Crippen LogP contribution in [0.15, 0.2) is 47.4 Å². The molecule has 2 heterocycles. The van der Waals surface area contributed by atoms with Crippen molar-refractivity contribution in [1.29, 1.82) is 0 Å². The molecular formula is C20H21N3O4S. The summed E-state index contributed by atoms with van der Waals surface area (Å²) >= 11 is 0. The van der Waals surface area contributed by atoms with Gasteiger partial charge in [-0.3, -0.25) is 4.79 Å². The van der Waals surface area contributed by atoms with E-state index in [0.29, 0.717) is 25.2 Å². The number of nitrogens with zero attached hydrogens (tertiary/aromatic N) is 1. The number of methoxy groups -OCH3 is 1. The number of amides is 1. The summed E-state index contributed by atoms with van der Waals surface area (Å²) in [6.45, 7) is 2.11. The Morgan fingerprint density at radius 1 is 1.18 bits per heavy atom. The van der Waals surface area contributed by atoms with Crippen molar-refractivity contribution in [2.24, 2.45) is 0 Å². The molecule has 0 radical (unpaired) electrons. The van der Waals surface area contributed by atoms with E-state index >= 15 is 0 Å². The average Bonchev–Trinajstić information content (AvgIpc) is 3.04. The summed E-state index contributed by atoms with van der Waals surface area (Å²) in [6.07, 6.45) is 0.631. The van der Waals surface area contributed by atoms with E-state index in [1.165, 1.54) is 23.4 Å². The summed E-state index contributed by atoms with van der Waals surface area (Å²) in [6, 6.07) is 12.0. The Bertz CT molecular complexity index is 1150. The molecule has 1 aromatic heterocycles. The van der Waals surface area contributed by atoms with Crippen molar-refractivity contribution in [2.75, 3.05) is 19.0 Å². The van der Waals surface area contributed by atoms with Crippen molar-refractivity contribution in [3.8, 4) is 5.75 Å². The van der Waals surface area contributed by atoms with E-state index in [2.05, 4.69) is 10.3 Å². The molecule has 0 atom stereocenters. The van der Waals surface area contributed by atoms with Crippen LogP contribution in [0.4, 0.5) is 5.69 Å². The largest absolute Gasteiger partial charge is 0.497 e. The summed E-state index contributed by atoms with van der Waals surface area (Å²) < 4.78 is 32.9. The first-order valence-corrected chi connectivity index (χ1v) is 10.4. The average molecular weight is 399 g/mol. The van der Waals surface area contributed by atoms with Crippen molar-refractivity contribution in [3.05, 3.63) is 53.7 Å². The molecule has 0 saturated carbocycles. The molecule has 4 rings (SSSR count). The Hall–Kier alpha value is -2.84. The van der Waals surface area contributed by atoms with Crippen molar-refractivity contribution >= 4 is 32.5 Å². The maximum absolute atomic E-state index is 13.1. The van der Waals surface area contributed by atoms with E-state index in [1.807, 2.05) is 18.2 Å². The number of hydrogen-bond donors (Lipinski definition) is 2. The van der Waals surface area contributed by atoms with E-state index in [4.69, 9.17) is 4.74 Å². The number of nitrogens with one attached hydrogen (secondary N) is 2. The molecule has 0 bridgehead atoms. The summed E-state index contributed by atoms with van der Waals surface area (Å²) in [7, 11) is -1.99. The Kier molecular flexibility index (Phi) is 4.60. The summed E-state index contributed by atoms with van der Waals surface area (Å²) in [5.74, 6) is 0.582. The van der Waals surface area contributed by atoms with Crippen LogP contribution in [-0.2, 0) is 27.8 Å². The molecular weight excluding hydrogens is 378 g/mol. The van der Waals surface area contributed by atoms with Gasteiger partial charge in [-0.25, -0.2) is 8.42 Å². The molecule has 3 aromatic rings. The summed E-state index contributed by atoms with van der Waals surface area (Å²) in [4.78, 5) is 14.7. The number of benzene rings is 2. The first-order valence-electron chi connectivity index (χ1n) is 8.94. The maximum atomic E-state index is 13.1. The van der Waals surface area contributed by atoms with Crippen LogP contribution in [0.5, 0.6) is 5.75 Å². The molecule has 7 nitrogen and oxygen atoms in total. The van der Waals surface area contributed by atoms with Crippen molar-refractivity contribution in [1.82, 2.24) is 9.29 Å². The molecule has 2 aromatic carbocycles. The highest BCUT2D eigenvalue weighted by atomic mass is 32.2. The molecule has 146 valence electrons. The number of sulfonamides is 1. The van der Waals surface area contributed by atoms with Gasteiger partial charge < -0.3 is 15.0 Å². The van der Waals surface area contributed by atoms with Gasteiger partial charge in [-0.15, -0.1) is 0 Å². The normalized spacial score (nSPS) is 14.6. The van der Waals surface area contributed by atoms with Crippen molar-refractivity contribution in [2.45, 2.75) is 24.8 Å². The number of rotatable bonds is 4. The molecule has 0 unspecified atom stereocenters. The van der Waals surface area contributed by atoms with Gasteiger partial charge in [-0.1, -0.05) is 0 Å². The second kappa shape index (κ2) is 6.96. The van der Waals surface area contributed by atoms with E-state index in [-0.39, 0.29) is 10.8 Å². The molecule has 1 aliphatic heterocycles. The van der Waals surface area contributed by atoms with Gasteiger partial charge in [0.15, 0.2) is 0 Å². The number of carbonyl (C=O) groups is 1. The molecule has 8 heteroatoms. The van der Waals surface area contributed by atoms with Gasteiger partial charge in [-0.05, 0) is 54.4 Å². The van der Waals surface area contributed by atoms with E-state index in [1.54, 1.807) is 19.2 Å². The second-order valence-electron chi connectivity index (χ2n) is 6.79. The topological polar surface area (TPSA) is 91.5 Å². The molecule has 1 amide bonds. The summed E-state index contributed by atoms with van der Waals surface area (Å²) in [5.41, 5.74) is 3.59. The van der Waals surface area contributed by atoms with Gasteiger partial charge >= 0.3 is 0 Å². The zero-order valence-corrected chi connectivity index (χ0v) is 16.5. The lowest BCUT2D eigenvalue weighted by molar-refractivity contribution is -0.114. The van der Waals surface area contributed by atoms with Crippen molar-refractivity contribution in [3.63, 3.8) is 0 Å². The molecule has 0 saturated heterocycles. The number of hydrogen-bond acceptors (Lipinski definition) is 4. The number of fused-ring (bicyclic) bond motifs is 3. The SMILES string of the molecule is COc1ccc2[nH]c3c(c2c1)CCN(S(=O)(=O)c1ccc(NC(C)=O)cc1)C3. The minimum atomic E-state index is -3.62. The fourth-order valence-electron chi connectivity index (χ4n) is 3.59. The van der Waals surface area contributed by atoms with Gasteiger partial charge in [0.25, 0.3) is 0 Å². The van der Waals surface area contributed by atoms with Crippen LogP contribution < -0.4 is 10.1 Å². The number of aromatic nitrogens is 1. The monoisotopic (exact) mass is 399 g/mol. The highest BCUT2D eigenvalue weighted by molar-refractivity contribution is 7.89. The van der Waals surface area contributed by atoms with Gasteiger partial charge in [0.05, 0.1) is 18.6 Å². The Balaban J connectivity index is 1.61. The highest BCUT2D eigenvalue weighted by Gasteiger charge is 2.30. The zero-order valence-electron chi connectivity index (χ0n) is 15.7. The van der Waals surface area contributed by atoms with Crippen LogP contribution in [0.1, 0.15) is 18.2 Å². The Labute approximate surface area is 163 Å². The van der Waals surface area contributed by atoms with Crippen molar-refractivity contribution < 1.29 is 17.9 Å². The first kappa shape index (κ1) is 18.5. The third kappa shape index (κ3) is 3.25. The number of ether oxygens (including phenoxy) is 1. The fraction of sp³-hybridized carbons (Fsp3) is 0.250. The summed E-state index contributed by atoms with van der Waals surface area (Å²) in [5, 5.41) is 3.71. The van der Waals surface area contributed by atoms with Crippen LogP contribution in [-0.4, -0.2) is 37.3 Å². The fourth-order valence-corrected chi connectivity index (χ4v) is 5.00. The van der Waals surface area contributed by atoms with Gasteiger partial charge in [0.1, 0.15) is 5.75 Å². The van der Waals surface area contributed by atoms with Gasteiger partial charge in [0.2, 0.25) is 15.9 Å². The van der Waals surface area contributed by atoms with E-state index < -0.39 is 10.0 Å². The lowest BCUT2D eigenvalue weighted by Crippen LogP contribution is -2.35. The van der Waals surface area contributed by atoms with E-state index in [0.717, 1.165) is 27.9 Å². The quantitative estimate of drug-likeness (QED) is 0.706. The second-order valence-corrected chi connectivity index (χ2v) is 8.73. The molecule has 0 aliphatic carbocycles. The predicted octanol–water partition coefficient (Wildman–Crippen LogP) is 2.88. The minimum absolute atomic E-state index is 0.199. The lowest BCUT2D eigenvalue weighted by atomic mass is 10.0. The lowest BCUT2D eigenvalue weighted by Gasteiger charge is -2.26. The van der Waals surface area contributed by atoms with Crippen LogP contribution in [0, 0.1) is 0 Å². The van der Waals surface area contributed by atoms with Crippen LogP contribution in [0.3, 0.4) is 0 Å². The van der Waals surface area contributed by atoms with Gasteiger partial charge in [-0.2, -0.15) is 4.31 Å². The molecule has 1 aliphatic rings. The van der Waals surface area contributed by atoms with Crippen LogP contribution in [0.25, 0.3) is 10.9 Å². The highest BCUT2D eigenvalue weighted by Crippen LogP contribution is 2.32. The Morgan fingerprint density at radius 2 is 1.93 bits per heavy atom. The van der Waals surface area contributed by atoms with Crippen LogP contribution in [0.2, 0.25) is 0 Å². The third-order valence-corrected chi connectivity index (χ3v) is 6.82. The molecule has 0 fully saturated rings. The maximum Gasteiger partial charge on any atom is 0.243 e. The third-order valence-electron chi connectivity index (χ3n) is 4.96. The number of carbonyl (C=O) groups excluding carboxylic acids is 1. The molecule has 28 heavy (non-hydrogen) atoms. The molecule has 0 spiro atoms. The standard InChI is InChI=1S/C20H21N3O4S/c1-13(24)21-14-3-6-16(7-4-14)28(25,26)23-10-9-17-18-11-15(27-2)5-8-19(18)22-20(17)12-23/h3-8,11,22H,9-10,12H2,1-2H3,(H,21,24). The minimum Gasteiger partial charge on any atom is -0.497 e. The zero-order chi connectivity index (χ0) is 19.9. The smallest absolute Gasteiger partial charge is 0.243 e. The Morgan fingerprint density at radius 3 is 2.61 bits per heavy atom. The molecule has 2 N–H and O–H groups in total. The first-order chi connectivity index (χ1) is 13.4. The number of aromatic amines is 1. The predicted molar refractivity (Wildman–Crippen MR) is 107 cm³/mol. The number of H-pyrrole nitrogens is 1.